The molecule has 0 aliphatic carbocycles. The second-order valence-electron chi connectivity index (χ2n) is 4.78. The van der Waals surface area contributed by atoms with Crippen LogP contribution in [-0.4, -0.2) is 40.1 Å². The number of ether oxygens (including phenoxy) is 1. The van der Waals surface area contributed by atoms with Gasteiger partial charge in [0.05, 0.1) is 11.9 Å². The Morgan fingerprint density at radius 3 is 3.19 bits per heavy atom. The molecule has 3 heterocycles. The summed E-state index contributed by atoms with van der Waals surface area (Å²) in [5.41, 5.74) is 1.73. The molecule has 0 unspecified atom stereocenters. The minimum Gasteiger partial charge on any atom is -0.368 e. The maximum Gasteiger partial charge on any atom is 0.249 e. The Morgan fingerprint density at radius 2 is 2.43 bits per heavy atom. The van der Waals surface area contributed by atoms with Crippen LogP contribution < -0.4 is 5.32 Å². The number of nitrogens with one attached hydrogen (secondary N) is 1. The molecule has 0 aromatic carbocycles. The van der Waals surface area contributed by atoms with Crippen molar-refractivity contribution >= 4 is 17.2 Å². The van der Waals surface area contributed by atoms with Crippen molar-refractivity contribution in [1.29, 1.82) is 0 Å². The van der Waals surface area contributed by atoms with Gasteiger partial charge in [0, 0.05) is 37.3 Å². The van der Waals surface area contributed by atoms with Gasteiger partial charge in [-0.25, -0.2) is 4.98 Å². The Hall–Kier alpha value is -1.86. The van der Waals surface area contributed by atoms with Gasteiger partial charge in [0.25, 0.3) is 0 Å². The summed E-state index contributed by atoms with van der Waals surface area (Å²) in [6.07, 6.45) is 7.20. The van der Waals surface area contributed by atoms with E-state index >= 15 is 0 Å². The molecule has 0 radical (unpaired) electrons. The molecule has 0 spiro atoms. The lowest BCUT2D eigenvalue weighted by molar-refractivity contribution is -0.129. The number of nitrogens with zero attached hydrogens (tertiary/aromatic N) is 3. The molecule has 1 amide bonds. The Balaban J connectivity index is 1.50. The first-order chi connectivity index (χ1) is 10.3. The molecule has 2 aromatic rings. The molecule has 1 fully saturated rings. The fourth-order valence-corrected chi connectivity index (χ4v) is 2.98. The summed E-state index contributed by atoms with van der Waals surface area (Å²) in [4.78, 5) is 24.6. The zero-order valence-electron chi connectivity index (χ0n) is 11.5. The molecule has 2 aromatic heterocycles. The fraction of sp³-hybridized carbons (Fsp3) is 0.429. The lowest BCUT2D eigenvalue weighted by atomic mass is 10.2. The van der Waals surface area contributed by atoms with Gasteiger partial charge in [-0.2, -0.15) is 0 Å². The monoisotopic (exact) mass is 304 g/mol. The van der Waals surface area contributed by atoms with Gasteiger partial charge in [-0.15, -0.1) is 11.3 Å². The summed E-state index contributed by atoms with van der Waals surface area (Å²) in [5.74, 6) is -0.0168. The third-order valence-electron chi connectivity index (χ3n) is 3.24. The van der Waals surface area contributed by atoms with Crippen LogP contribution in [0.2, 0.25) is 0 Å². The average Bonchev–Trinajstić information content (AvgIpc) is 3.20. The molecule has 0 saturated carbocycles. The maximum absolute atomic E-state index is 11.8. The van der Waals surface area contributed by atoms with Crippen LogP contribution >= 0.6 is 11.3 Å². The fourth-order valence-electron chi connectivity index (χ4n) is 2.16. The predicted octanol–water partition coefficient (Wildman–Crippen LogP) is 1.44. The molecule has 6 nitrogen and oxygen atoms in total. The van der Waals surface area contributed by atoms with Crippen LogP contribution in [0.15, 0.2) is 24.0 Å². The first kappa shape index (κ1) is 14.1. The van der Waals surface area contributed by atoms with E-state index in [1.807, 2.05) is 5.38 Å². The Bertz CT molecular complexity index is 596. The molecule has 1 atom stereocenters. The second-order valence-corrected chi connectivity index (χ2v) is 5.64. The summed E-state index contributed by atoms with van der Waals surface area (Å²) >= 11 is 1.54. The highest BCUT2D eigenvalue weighted by molar-refractivity contribution is 7.13. The predicted molar refractivity (Wildman–Crippen MR) is 78.8 cm³/mol. The van der Waals surface area contributed by atoms with Crippen molar-refractivity contribution in [2.24, 2.45) is 0 Å². The third kappa shape index (κ3) is 3.62. The van der Waals surface area contributed by atoms with E-state index in [1.165, 1.54) is 11.3 Å². The van der Waals surface area contributed by atoms with Crippen molar-refractivity contribution in [3.63, 3.8) is 0 Å². The van der Waals surface area contributed by atoms with Gasteiger partial charge in [0.2, 0.25) is 5.91 Å². The number of hydrogen-bond acceptors (Lipinski definition) is 6. The highest BCUT2D eigenvalue weighted by Gasteiger charge is 2.22. The van der Waals surface area contributed by atoms with Crippen LogP contribution in [0.25, 0.3) is 10.7 Å². The largest absolute Gasteiger partial charge is 0.368 e. The number of carbonyl (C=O) groups excluding carboxylic acids is 1. The van der Waals surface area contributed by atoms with Crippen molar-refractivity contribution in [1.82, 2.24) is 20.3 Å². The summed E-state index contributed by atoms with van der Waals surface area (Å²) < 4.78 is 5.34. The topological polar surface area (TPSA) is 77.0 Å². The Labute approximate surface area is 126 Å². The number of amides is 1. The zero-order chi connectivity index (χ0) is 14.5. The van der Waals surface area contributed by atoms with Crippen molar-refractivity contribution in [3.05, 3.63) is 29.7 Å². The van der Waals surface area contributed by atoms with Gasteiger partial charge in [-0.3, -0.25) is 14.8 Å². The summed E-state index contributed by atoms with van der Waals surface area (Å²) in [6.45, 7) is 1.26. The van der Waals surface area contributed by atoms with E-state index in [-0.39, 0.29) is 12.0 Å². The summed E-state index contributed by atoms with van der Waals surface area (Å²) in [5, 5.41) is 5.73. The number of rotatable bonds is 5. The molecular weight excluding hydrogens is 288 g/mol. The smallest absolute Gasteiger partial charge is 0.249 e. The van der Waals surface area contributed by atoms with Crippen molar-refractivity contribution in [3.8, 4) is 10.7 Å². The first-order valence-electron chi connectivity index (χ1n) is 6.93. The van der Waals surface area contributed by atoms with Crippen LogP contribution in [0.4, 0.5) is 0 Å². The van der Waals surface area contributed by atoms with Gasteiger partial charge in [-0.1, -0.05) is 0 Å². The average molecular weight is 304 g/mol. The van der Waals surface area contributed by atoms with Crippen LogP contribution in [0, 0.1) is 0 Å². The molecule has 3 rings (SSSR count). The molecule has 1 saturated heterocycles. The molecule has 110 valence electrons. The van der Waals surface area contributed by atoms with E-state index in [4.69, 9.17) is 4.74 Å². The third-order valence-corrected chi connectivity index (χ3v) is 4.15. The minimum atomic E-state index is -0.268. The normalized spacial score (nSPS) is 17.8. The van der Waals surface area contributed by atoms with E-state index in [0.717, 1.165) is 29.2 Å². The lowest BCUT2D eigenvalue weighted by Gasteiger charge is -2.09. The minimum absolute atomic E-state index is 0.0168. The number of aromatic nitrogens is 3. The van der Waals surface area contributed by atoms with E-state index in [2.05, 4.69) is 20.3 Å². The summed E-state index contributed by atoms with van der Waals surface area (Å²) in [6, 6.07) is 0. The standard InChI is InChI=1S/C14H16N4O2S/c19-13(12-2-1-7-20-12)17-4-3-10-9-21-14(18-10)11-8-15-5-6-16-11/h5-6,8-9,12H,1-4,7H2,(H,17,19)/t12-/m1/s1. The Kier molecular flexibility index (Phi) is 4.52. The van der Waals surface area contributed by atoms with Gasteiger partial charge >= 0.3 is 0 Å². The summed E-state index contributed by atoms with van der Waals surface area (Å²) in [7, 11) is 0. The zero-order valence-corrected chi connectivity index (χ0v) is 12.3. The van der Waals surface area contributed by atoms with Crippen LogP contribution in [-0.2, 0) is 16.0 Å². The van der Waals surface area contributed by atoms with Gasteiger partial charge in [-0.05, 0) is 12.8 Å². The number of hydrogen-bond donors (Lipinski definition) is 1. The Morgan fingerprint density at radius 1 is 1.48 bits per heavy atom. The van der Waals surface area contributed by atoms with E-state index < -0.39 is 0 Å². The van der Waals surface area contributed by atoms with Gasteiger partial charge in [0.15, 0.2) is 0 Å². The molecule has 1 N–H and O–H groups in total. The highest BCUT2D eigenvalue weighted by atomic mass is 32.1. The van der Waals surface area contributed by atoms with Crippen molar-refractivity contribution in [2.75, 3.05) is 13.2 Å². The molecule has 1 aliphatic heterocycles. The highest BCUT2D eigenvalue weighted by Crippen LogP contribution is 2.20. The van der Waals surface area contributed by atoms with E-state index in [9.17, 15) is 4.79 Å². The van der Waals surface area contributed by atoms with Gasteiger partial charge < -0.3 is 10.1 Å². The molecular formula is C14H16N4O2S. The SMILES string of the molecule is O=C(NCCc1csc(-c2cnccn2)n1)[C@H]1CCCO1. The number of thiazole rings is 1. The van der Waals surface area contributed by atoms with E-state index in [1.54, 1.807) is 18.6 Å². The van der Waals surface area contributed by atoms with Gasteiger partial charge in [0.1, 0.15) is 16.8 Å². The molecule has 1 aliphatic rings. The van der Waals surface area contributed by atoms with Crippen LogP contribution in [0.1, 0.15) is 18.5 Å². The molecule has 7 heteroatoms. The van der Waals surface area contributed by atoms with Crippen molar-refractivity contribution in [2.45, 2.75) is 25.4 Å². The molecule has 21 heavy (non-hydrogen) atoms. The maximum atomic E-state index is 11.8. The van der Waals surface area contributed by atoms with E-state index in [0.29, 0.717) is 19.6 Å². The quantitative estimate of drug-likeness (QED) is 0.904. The lowest BCUT2D eigenvalue weighted by Crippen LogP contribution is -2.35. The van der Waals surface area contributed by atoms with Crippen LogP contribution in [0.5, 0.6) is 0 Å². The first-order valence-corrected chi connectivity index (χ1v) is 7.81. The van der Waals surface area contributed by atoms with Crippen molar-refractivity contribution < 1.29 is 9.53 Å². The number of carbonyl (C=O) groups is 1. The molecule has 0 bridgehead atoms. The van der Waals surface area contributed by atoms with Crippen LogP contribution in [0.3, 0.4) is 0 Å². The second kappa shape index (κ2) is 6.73.